The van der Waals surface area contributed by atoms with Gasteiger partial charge in [0, 0.05) is 11.0 Å². The van der Waals surface area contributed by atoms with Crippen molar-refractivity contribution in [3.05, 3.63) is 75.8 Å². The molecule has 0 bridgehead atoms. The number of amides is 1. The molecule has 0 radical (unpaired) electrons. The Labute approximate surface area is 144 Å². The summed E-state index contributed by atoms with van der Waals surface area (Å²) in [4.78, 5) is 17.2. The van der Waals surface area contributed by atoms with Crippen molar-refractivity contribution >= 4 is 43.4 Å². The molecule has 0 fully saturated rings. The van der Waals surface area contributed by atoms with Crippen molar-refractivity contribution in [1.82, 2.24) is 4.57 Å². The fourth-order valence-corrected chi connectivity index (χ4v) is 3.74. The van der Waals surface area contributed by atoms with Gasteiger partial charge in [-0.25, -0.2) is 4.39 Å². The average molecular weight is 391 g/mol. The first-order valence-corrected chi connectivity index (χ1v) is 8.44. The molecule has 0 spiro atoms. The van der Waals surface area contributed by atoms with Gasteiger partial charge in [0.1, 0.15) is 5.82 Å². The number of hydrogen-bond acceptors (Lipinski definition) is 2. The monoisotopic (exact) mass is 390 g/mol. The number of benzene rings is 2. The highest BCUT2D eigenvalue weighted by Crippen LogP contribution is 2.20. The van der Waals surface area contributed by atoms with Crippen molar-refractivity contribution in [3.8, 4) is 0 Å². The molecule has 3 aromatic rings. The van der Waals surface area contributed by atoms with Crippen LogP contribution in [-0.4, -0.2) is 10.5 Å². The van der Waals surface area contributed by atoms with Crippen molar-refractivity contribution in [3.63, 3.8) is 0 Å². The third kappa shape index (κ3) is 3.18. The standard InChI is InChI=1S/C17H12BrFN2OS/c1-2-9-21-14-8-7-11(19)10-15(14)23-17(21)20-16(22)12-5-3-4-6-13(12)18/h2-8,10H,1,9H2. The Morgan fingerprint density at radius 3 is 2.87 bits per heavy atom. The maximum Gasteiger partial charge on any atom is 0.280 e. The van der Waals surface area contributed by atoms with E-state index in [0.29, 0.717) is 21.4 Å². The number of carbonyl (C=O) groups is 1. The van der Waals surface area contributed by atoms with E-state index < -0.39 is 0 Å². The van der Waals surface area contributed by atoms with Gasteiger partial charge in [-0.2, -0.15) is 4.99 Å². The van der Waals surface area contributed by atoms with Gasteiger partial charge in [-0.3, -0.25) is 4.79 Å². The Hall–Kier alpha value is -2.05. The Kier molecular flexibility index (Phi) is 4.54. The number of carbonyl (C=O) groups excluding carboxylic acids is 1. The highest BCUT2D eigenvalue weighted by molar-refractivity contribution is 9.10. The lowest BCUT2D eigenvalue weighted by Gasteiger charge is -2.01. The van der Waals surface area contributed by atoms with E-state index in [1.807, 2.05) is 10.6 Å². The lowest BCUT2D eigenvalue weighted by molar-refractivity contribution is 0.0997. The molecule has 0 saturated carbocycles. The predicted octanol–water partition coefficient (Wildman–Crippen LogP) is 4.53. The third-order valence-electron chi connectivity index (χ3n) is 3.26. The summed E-state index contributed by atoms with van der Waals surface area (Å²) < 4.78 is 16.7. The van der Waals surface area contributed by atoms with Crippen LogP contribution < -0.4 is 4.80 Å². The van der Waals surface area contributed by atoms with Gasteiger partial charge in [-0.05, 0) is 46.3 Å². The fraction of sp³-hybridized carbons (Fsp3) is 0.0588. The lowest BCUT2D eigenvalue weighted by atomic mass is 10.2. The number of halogens is 2. The summed E-state index contributed by atoms with van der Waals surface area (Å²) in [5, 5.41) is 0. The Bertz CT molecular complexity index is 974. The van der Waals surface area contributed by atoms with E-state index in [-0.39, 0.29) is 11.7 Å². The summed E-state index contributed by atoms with van der Waals surface area (Å²) >= 11 is 4.63. The predicted molar refractivity (Wildman–Crippen MR) is 94.0 cm³/mol. The van der Waals surface area contributed by atoms with E-state index in [4.69, 9.17) is 0 Å². The minimum atomic E-state index is -0.345. The molecule has 0 aliphatic rings. The quantitative estimate of drug-likeness (QED) is 0.604. The Balaban J connectivity index is 2.18. The topological polar surface area (TPSA) is 34.4 Å². The fourth-order valence-electron chi connectivity index (χ4n) is 2.22. The molecule has 0 unspecified atom stereocenters. The number of nitrogens with zero attached hydrogens (tertiary/aromatic N) is 2. The van der Waals surface area contributed by atoms with E-state index in [1.165, 1.54) is 23.5 Å². The highest BCUT2D eigenvalue weighted by Gasteiger charge is 2.11. The zero-order valence-electron chi connectivity index (χ0n) is 12.0. The van der Waals surface area contributed by atoms with Crippen molar-refractivity contribution in [2.45, 2.75) is 6.54 Å². The summed E-state index contributed by atoms with van der Waals surface area (Å²) in [6.45, 7) is 4.22. The van der Waals surface area contributed by atoms with Gasteiger partial charge in [0.2, 0.25) is 0 Å². The summed E-state index contributed by atoms with van der Waals surface area (Å²) in [5.41, 5.74) is 1.32. The molecule has 6 heteroatoms. The van der Waals surface area contributed by atoms with Gasteiger partial charge in [0.05, 0.1) is 15.8 Å². The molecule has 0 aliphatic heterocycles. The zero-order chi connectivity index (χ0) is 16.4. The minimum Gasteiger partial charge on any atom is -0.312 e. The molecule has 0 N–H and O–H groups in total. The van der Waals surface area contributed by atoms with Crippen LogP contribution in [0.2, 0.25) is 0 Å². The van der Waals surface area contributed by atoms with Gasteiger partial charge >= 0.3 is 0 Å². The van der Waals surface area contributed by atoms with Gasteiger partial charge < -0.3 is 4.57 Å². The summed E-state index contributed by atoms with van der Waals surface area (Å²) in [6.07, 6.45) is 1.72. The Morgan fingerprint density at radius 1 is 1.35 bits per heavy atom. The van der Waals surface area contributed by atoms with Gasteiger partial charge in [-0.1, -0.05) is 29.5 Å². The molecule has 3 rings (SSSR count). The molecule has 1 amide bonds. The van der Waals surface area contributed by atoms with Crippen LogP contribution in [-0.2, 0) is 6.54 Å². The third-order valence-corrected chi connectivity index (χ3v) is 4.99. The minimum absolute atomic E-state index is 0.312. The number of allylic oxidation sites excluding steroid dienone is 1. The Morgan fingerprint density at radius 2 is 2.13 bits per heavy atom. The van der Waals surface area contributed by atoms with Gasteiger partial charge in [0.15, 0.2) is 4.80 Å². The molecule has 3 nitrogen and oxygen atoms in total. The number of hydrogen-bond donors (Lipinski definition) is 0. The molecule has 0 aliphatic carbocycles. The summed E-state index contributed by atoms with van der Waals surface area (Å²) in [5.74, 6) is -0.657. The van der Waals surface area contributed by atoms with Crippen LogP contribution in [0.3, 0.4) is 0 Å². The van der Waals surface area contributed by atoms with Crippen LogP contribution in [0.1, 0.15) is 10.4 Å². The maximum atomic E-state index is 13.4. The number of fused-ring (bicyclic) bond motifs is 1. The van der Waals surface area contributed by atoms with Gasteiger partial charge in [0.25, 0.3) is 5.91 Å². The normalized spacial score (nSPS) is 11.8. The largest absolute Gasteiger partial charge is 0.312 e. The van der Waals surface area contributed by atoms with E-state index in [2.05, 4.69) is 27.5 Å². The number of thiazole rings is 1. The van der Waals surface area contributed by atoms with Crippen LogP contribution in [0.5, 0.6) is 0 Å². The molecule has 2 aromatic carbocycles. The van der Waals surface area contributed by atoms with Crippen LogP contribution in [0.25, 0.3) is 10.2 Å². The van der Waals surface area contributed by atoms with Crippen LogP contribution in [0.15, 0.2) is 64.6 Å². The van der Waals surface area contributed by atoms with E-state index in [0.717, 1.165) is 10.2 Å². The van der Waals surface area contributed by atoms with Crippen LogP contribution >= 0.6 is 27.3 Å². The van der Waals surface area contributed by atoms with Crippen molar-refractivity contribution in [2.24, 2.45) is 4.99 Å². The smallest absolute Gasteiger partial charge is 0.280 e. The molecular weight excluding hydrogens is 379 g/mol. The van der Waals surface area contributed by atoms with Gasteiger partial charge in [-0.15, -0.1) is 6.58 Å². The zero-order valence-corrected chi connectivity index (χ0v) is 14.4. The number of rotatable bonds is 3. The van der Waals surface area contributed by atoms with E-state index in [9.17, 15) is 9.18 Å². The first-order valence-electron chi connectivity index (χ1n) is 6.83. The van der Waals surface area contributed by atoms with Crippen molar-refractivity contribution in [2.75, 3.05) is 0 Å². The SMILES string of the molecule is C=CCn1c(=NC(=O)c2ccccc2Br)sc2cc(F)ccc21. The molecule has 116 valence electrons. The lowest BCUT2D eigenvalue weighted by Crippen LogP contribution is -2.16. The van der Waals surface area contributed by atoms with Crippen LogP contribution in [0.4, 0.5) is 4.39 Å². The highest BCUT2D eigenvalue weighted by atomic mass is 79.9. The molecule has 1 heterocycles. The van der Waals surface area contributed by atoms with Crippen molar-refractivity contribution < 1.29 is 9.18 Å². The summed E-state index contributed by atoms with van der Waals surface area (Å²) in [6, 6.07) is 11.6. The van der Waals surface area contributed by atoms with Crippen LogP contribution in [0, 0.1) is 5.82 Å². The molecule has 0 saturated heterocycles. The van der Waals surface area contributed by atoms with E-state index >= 15 is 0 Å². The second kappa shape index (κ2) is 6.60. The molecule has 23 heavy (non-hydrogen) atoms. The first-order chi connectivity index (χ1) is 11.1. The maximum absolute atomic E-state index is 13.4. The second-order valence-corrected chi connectivity index (χ2v) is 6.66. The summed E-state index contributed by atoms with van der Waals surface area (Å²) in [7, 11) is 0. The molecule has 0 atom stereocenters. The number of aromatic nitrogens is 1. The first kappa shape index (κ1) is 15.8. The van der Waals surface area contributed by atoms with E-state index in [1.54, 1.807) is 30.3 Å². The van der Waals surface area contributed by atoms with Crippen molar-refractivity contribution in [1.29, 1.82) is 0 Å². The molecule has 1 aromatic heterocycles. The second-order valence-electron chi connectivity index (χ2n) is 4.79. The molecular formula is C17H12BrFN2OS. The average Bonchev–Trinajstić information content (AvgIpc) is 2.84.